The number of carbonyl (C=O) groups excluding carboxylic acids is 2. The molecule has 1 unspecified atom stereocenters. The van der Waals surface area contributed by atoms with Gasteiger partial charge in [0.25, 0.3) is 11.8 Å². The number of piperidine rings is 1. The molecule has 10 nitrogen and oxygen atoms in total. The molecule has 5 aromatic rings. The molecule has 262 valence electrons. The molecule has 7 rings (SSSR count). The fraction of sp³-hybridized carbons (Fsp3) is 0.263. The van der Waals surface area contributed by atoms with E-state index >= 15 is 8.78 Å². The van der Waals surface area contributed by atoms with Crippen LogP contribution in [-0.4, -0.2) is 65.4 Å². The fourth-order valence-corrected chi connectivity index (χ4v) is 6.56. The minimum absolute atomic E-state index is 0.00386. The van der Waals surface area contributed by atoms with Gasteiger partial charge in [0, 0.05) is 34.8 Å². The Hall–Kier alpha value is -5.69. The normalized spacial score (nSPS) is 15.5. The van der Waals surface area contributed by atoms with Crippen LogP contribution in [0.2, 0.25) is 0 Å². The van der Waals surface area contributed by atoms with Crippen molar-refractivity contribution in [3.63, 3.8) is 0 Å². The Bertz CT molecular complexity index is 2120. The van der Waals surface area contributed by atoms with Gasteiger partial charge < -0.3 is 29.9 Å². The zero-order valence-electron chi connectivity index (χ0n) is 28.0. The minimum atomic E-state index is -1.54. The summed E-state index contributed by atoms with van der Waals surface area (Å²) in [4.78, 5) is 39.3. The number of hydrogen-bond donors (Lipinski definition) is 2. The highest BCUT2D eigenvalue weighted by Crippen LogP contribution is 2.37. The van der Waals surface area contributed by atoms with Gasteiger partial charge in [-0.25, -0.2) is 23.1 Å². The number of methoxy groups -OCH3 is 1. The lowest BCUT2D eigenvalue weighted by Crippen LogP contribution is -2.38. The molecule has 0 bridgehead atoms. The van der Waals surface area contributed by atoms with Gasteiger partial charge in [0.2, 0.25) is 0 Å². The maximum Gasteiger partial charge on any atom is 0.255 e. The summed E-state index contributed by atoms with van der Waals surface area (Å²) in [5, 5.41) is 6.14. The number of benzene rings is 4. The molecule has 2 aliphatic rings. The molecule has 13 heteroatoms. The summed E-state index contributed by atoms with van der Waals surface area (Å²) >= 11 is 0. The average molecular weight is 697 g/mol. The Kier molecular flexibility index (Phi) is 9.46. The van der Waals surface area contributed by atoms with Gasteiger partial charge in [0.15, 0.2) is 11.5 Å². The second kappa shape index (κ2) is 14.3. The van der Waals surface area contributed by atoms with E-state index in [1.165, 1.54) is 23.4 Å². The van der Waals surface area contributed by atoms with E-state index in [0.717, 1.165) is 50.2 Å². The highest BCUT2D eigenvalue weighted by molar-refractivity contribution is 6.04. The van der Waals surface area contributed by atoms with Crippen molar-refractivity contribution in [1.82, 2.24) is 19.8 Å². The van der Waals surface area contributed by atoms with E-state index in [1.807, 2.05) is 0 Å². The monoisotopic (exact) mass is 696 g/mol. The van der Waals surface area contributed by atoms with Gasteiger partial charge in [-0.2, -0.15) is 0 Å². The predicted molar refractivity (Wildman–Crippen MR) is 186 cm³/mol. The summed E-state index contributed by atoms with van der Waals surface area (Å²) in [6, 6.07) is 15.4. The second-order valence-electron chi connectivity index (χ2n) is 12.8. The highest BCUT2D eigenvalue weighted by Gasteiger charge is 2.39. The molecule has 2 N–H and O–H groups in total. The minimum Gasteiger partial charge on any atom is -0.493 e. The molecule has 2 amide bonds. The number of likely N-dealkylation sites (tertiary alicyclic amines) is 1. The highest BCUT2D eigenvalue weighted by atomic mass is 19.1. The van der Waals surface area contributed by atoms with Crippen LogP contribution in [0.3, 0.4) is 0 Å². The van der Waals surface area contributed by atoms with Crippen LogP contribution < -0.4 is 20.1 Å². The third kappa shape index (κ3) is 7.02. The van der Waals surface area contributed by atoms with Gasteiger partial charge in [-0.05, 0) is 93.0 Å². The Labute approximate surface area is 292 Å². The quantitative estimate of drug-likeness (QED) is 0.163. The van der Waals surface area contributed by atoms with E-state index in [-0.39, 0.29) is 23.5 Å². The number of fused-ring (bicyclic) bond motifs is 2. The van der Waals surface area contributed by atoms with Crippen LogP contribution in [0.25, 0.3) is 10.9 Å². The summed E-state index contributed by atoms with van der Waals surface area (Å²) in [6.45, 7) is 2.61. The summed E-state index contributed by atoms with van der Waals surface area (Å²) in [5.41, 5.74) is 1.32. The number of aromatic nitrogens is 2. The molecule has 0 saturated carbocycles. The van der Waals surface area contributed by atoms with Gasteiger partial charge in [-0.3, -0.25) is 9.59 Å². The van der Waals surface area contributed by atoms with E-state index in [4.69, 9.17) is 9.47 Å². The number of nitrogens with zero attached hydrogens (tertiary/aromatic N) is 4. The van der Waals surface area contributed by atoms with Gasteiger partial charge in [0.1, 0.15) is 35.6 Å². The van der Waals surface area contributed by atoms with E-state index in [0.29, 0.717) is 51.9 Å². The van der Waals surface area contributed by atoms with Crippen molar-refractivity contribution in [3.8, 4) is 11.5 Å². The molecule has 1 saturated heterocycles. The van der Waals surface area contributed by atoms with Gasteiger partial charge in [0.05, 0.1) is 24.9 Å². The first-order chi connectivity index (χ1) is 24.7. The average Bonchev–Trinajstić information content (AvgIpc) is 3.45. The van der Waals surface area contributed by atoms with E-state index in [9.17, 15) is 14.0 Å². The first kappa shape index (κ1) is 33.8. The lowest BCUT2D eigenvalue weighted by Gasteiger charge is -2.28. The van der Waals surface area contributed by atoms with E-state index in [1.54, 1.807) is 43.5 Å². The SMILES string of the molecule is COc1cc2c(Nc3ccc(NC(=O)C(c4cc(F)ccc4F)N4Cc5ccccc5C4=O)cc3F)ncnc2cc1OCC1CCN(C)CC1. The largest absolute Gasteiger partial charge is 0.493 e. The Morgan fingerprint density at radius 1 is 0.961 bits per heavy atom. The Balaban J connectivity index is 1.10. The molecule has 4 aromatic carbocycles. The van der Waals surface area contributed by atoms with Crippen LogP contribution in [-0.2, 0) is 11.3 Å². The van der Waals surface area contributed by atoms with E-state index < -0.39 is 35.3 Å². The number of amides is 2. The first-order valence-corrected chi connectivity index (χ1v) is 16.5. The van der Waals surface area contributed by atoms with Crippen molar-refractivity contribution in [1.29, 1.82) is 0 Å². The number of rotatable bonds is 10. The van der Waals surface area contributed by atoms with Crippen molar-refractivity contribution < 1.29 is 32.2 Å². The van der Waals surface area contributed by atoms with Crippen molar-refractivity contribution >= 4 is 39.9 Å². The van der Waals surface area contributed by atoms with Crippen molar-refractivity contribution in [3.05, 3.63) is 113 Å². The molecule has 51 heavy (non-hydrogen) atoms. The number of ether oxygens (including phenoxy) is 2. The zero-order chi connectivity index (χ0) is 35.6. The van der Waals surface area contributed by atoms with E-state index in [2.05, 4.69) is 32.5 Å². The van der Waals surface area contributed by atoms with Crippen LogP contribution in [0.1, 0.15) is 40.4 Å². The van der Waals surface area contributed by atoms with Crippen molar-refractivity contribution in [2.45, 2.75) is 25.4 Å². The Morgan fingerprint density at radius 2 is 1.76 bits per heavy atom. The molecular weight excluding hydrogens is 661 g/mol. The second-order valence-corrected chi connectivity index (χ2v) is 12.8. The molecular formula is C38H35F3N6O4. The molecule has 1 atom stereocenters. The smallest absolute Gasteiger partial charge is 0.255 e. The molecule has 1 fully saturated rings. The summed E-state index contributed by atoms with van der Waals surface area (Å²) in [5.74, 6) is -1.95. The zero-order valence-corrected chi connectivity index (χ0v) is 28.0. The number of carbonyl (C=O) groups is 2. The summed E-state index contributed by atoms with van der Waals surface area (Å²) < 4.78 is 56.8. The van der Waals surface area contributed by atoms with Crippen LogP contribution in [0.15, 0.2) is 79.1 Å². The third-order valence-corrected chi connectivity index (χ3v) is 9.39. The summed E-state index contributed by atoms with van der Waals surface area (Å²) in [7, 11) is 3.65. The van der Waals surface area contributed by atoms with Gasteiger partial charge >= 0.3 is 0 Å². The van der Waals surface area contributed by atoms with Crippen LogP contribution in [0, 0.1) is 23.4 Å². The Morgan fingerprint density at radius 3 is 2.53 bits per heavy atom. The topological polar surface area (TPSA) is 109 Å². The maximum absolute atomic E-state index is 15.6. The molecule has 0 aliphatic carbocycles. The molecule has 1 aromatic heterocycles. The van der Waals surface area contributed by atoms with Crippen molar-refractivity contribution in [2.75, 3.05) is 44.5 Å². The third-order valence-electron chi connectivity index (χ3n) is 9.39. The van der Waals surface area contributed by atoms with Crippen LogP contribution >= 0.6 is 0 Å². The number of nitrogens with one attached hydrogen (secondary N) is 2. The van der Waals surface area contributed by atoms with Crippen LogP contribution in [0.4, 0.5) is 30.4 Å². The summed E-state index contributed by atoms with van der Waals surface area (Å²) in [6.07, 6.45) is 3.46. The number of hydrogen-bond acceptors (Lipinski definition) is 8. The standard InChI is InChI=1S/C38H35F3N6O4/c1-46-13-11-22(12-14-46)20-51-34-18-32-28(17-33(34)50-2)36(43-21-42-32)45-31-10-8-25(16-30(31)41)44-37(48)35(27-15-24(39)7-9-29(27)40)47-19-23-5-3-4-6-26(23)38(47)49/h3-10,15-18,21-22,35H,11-14,19-20H2,1-2H3,(H,44,48)(H,42,43,45). The van der Waals surface area contributed by atoms with Crippen LogP contribution in [0.5, 0.6) is 11.5 Å². The van der Waals surface area contributed by atoms with Gasteiger partial charge in [-0.15, -0.1) is 0 Å². The number of halogens is 3. The predicted octanol–water partition coefficient (Wildman–Crippen LogP) is 6.86. The van der Waals surface area contributed by atoms with Crippen molar-refractivity contribution in [2.24, 2.45) is 5.92 Å². The molecule has 2 aliphatic heterocycles. The number of anilines is 3. The lowest BCUT2D eigenvalue weighted by atomic mass is 9.98. The molecule has 0 spiro atoms. The van der Waals surface area contributed by atoms with Gasteiger partial charge in [-0.1, -0.05) is 18.2 Å². The fourth-order valence-electron chi connectivity index (χ4n) is 6.56. The first-order valence-electron chi connectivity index (χ1n) is 16.5. The molecule has 3 heterocycles. The molecule has 0 radical (unpaired) electrons. The lowest BCUT2D eigenvalue weighted by molar-refractivity contribution is -0.121. The maximum atomic E-state index is 15.6.